The van der Waals surface area contributed by atoms with Gasteiger partial charge >= 0.3 is 11.9 Å². The van der Waals surface area contributed by atoms with Gasteiger partial charge in [-0.1, -0.05) is 15.9 Å². The number of unbranched alkanes of at least 4 members (excludes halogenated alkanes) is 2. The van der Waals surface area contributed by atoms with E-state index < -0.39 is 17.7 Å². The number of halogens is 1. The van der Waals surface area contributed by atoms with Crippen molar-refractivity contribution in [1.82, 2.24) is 0 Å². The molecular weight excluding hydrogens is 390 g/mol. The molecule has 132 valence electrons. The summed E-state index contributed by atoms with van der Waals surface area (Å²) in [6.07, 6.45) is 3.36. The third-order valence-corrected chi connectivity index (χ3v) is 3.82. The minimum absolute atomic E-state index is 0.188. The van der Waals surface area contributed by atoms with Crippen LogP contribution in [0.25, 0.3) is 6.08 Å². The van der Waals surface area contributed by atoms with Crippen molar-refractivity contribution in [3.05, 3.63) is 33.8 Å². The molecule has 0 atom stereocenters. The molecule has 2 rings (SSSR count). The first-order valence-electron chi connectivity index (χ1n) is 7.80. The lowest BCUT2D eigenvalue weighted by atomic mass is 10.1. The average Bonchev–Trinajstić information content (AvgIpc) is 2.51. The molecule has 0 saturated carbocycles. The van der Waals surface area contributed by atoms with Crippen molar-refractivity contribution in [3.63, 3.8) is 0 Å². The van der Waals surface area contributed by atoms with E-state index in [1.165, 1.54) is 19.9 Å². The Labute approximate surface area is 154 Å². The van der Waals surface area contributed by atoms with Crippen LogP contribution < -0.4 is 4.74 Å². The average molecular weight is 408 g/mol. The zero-order valence-corrected chi connectivity index (χ0v) is 15.6. The predicted molar refractivity (Wildman–Crippen MR) is 93.3 cm³/mol. The second kappa shape index (κ2) is 8.17. The summed E-state index contributed by atoms with van der Waals surface area (Å²) in [4.78, 5) is 24.2. The van der Waals surface area contributed by atoms with Gasteiger partial charge in [-0.15, -0.1) is 0 Å². The Morgan fingerprint density at radius 1 is 1.24 bits per heavy atom. The van der Waals surface area contributed by atoms with E-state index in [1.54, 1.807) is 18.2 Å². The van der Waals surface area contributed by atoms with E-state index in [4.69, 9.17) is 19.5 Å². The predicted octanol–water partition coefficient (Wildman–Crippen LogP) is 3.74. The van der Waals surface area contributed by atoms with Crippen molar-refractivity contribution in [2.24, 2.45) is 0 Å². The molecule has 0 aromatic heterocycles. The van der Waals surface area contributed by atoms with Gasteiger partial charge in [0.15, 0.2) is 0 Å². The first-order valence-corrected chi connectivity index (χ1v) is 8.59. The summed E-state index contributed by atoms with van der Waals surface area (Å²) >= 11 is 3.36. The standard InChI is InChI=1S/C18H18BrNO5/c1-18(2)24-16(21)14(17(22)25-18)11-12-10-13(19)6-7-15(12)23-9-5-3-4-8-20/h6-7,10-11H,3-5,9H2,1-2H3. The Balaban J connectivity index is 2.20. The molecule has 1 aromatic carbocycles. The second-order valence-corrected chi connectivity index (χ2v) is 6.80. The molecule has 0 aliphatic carbocycles. The van der Waals surface area contributed by atoms with Crippen LogP contribution in [0.2, 0.25) is 0 Å². The number of hydrogen-bond acceptors (Lipinski definition) is 6. The molecule has 1 fully saturated rings. The third kappa shape index (κ3) is 5.33. The fourth-order valence-electron chi connectivity index (χ4n) is 2.19. The summed E-state index contributed by atoms with van der Waals surface area (Å²) in [5, 5.41) is 8.53. The number of rotatable bonds is 6. The van der Waals surface area contributed by atoms with E-state index in [-0.39, 0.29) is 5.57 Å². The van der Waals surface area contributed by atoms with Crippen molar-refractivity contribution in [2.75, 3.05) is 6.61 Å². The maximum Gasteiger partial charge on any atom is 0.348 e. The van der Waals surface area contributed by atoms with Crippen LogP contribution in [0.15, 0.2) is 28.2 Å². The van der Waals surface area contributed by atoms with Gasteiger partial charge in [0.1, 0.15) is 11.3 Å². The van der Waals surface area contributed by atoms with Crippen LogP contribution in [0.1, 0.15) is 38.7 Å². The van der Waals surface area contributed by atoms with Gasteiger partial charge in [0, 0.05) is 30.3 Å². The summed E-state index contributed by atoms with van der Waals surface area (Å²) in [7, 11) is 0. The number of nitriles is 1. The Bertz CT molecular complexity index is 726. The smallest absolute Gasteiger partial charge is 0.348 e. The Morgan fingerprint density at radius 3 is 2.56 bits per heavy atom. The molecule has 0 amide bonds. The number of hydrogen-bond donors (Lipinski definition) is 0. The van der Waals surface area contributed by atoms with Gasteiger partial charge in [-0.25, -0.2) is 9.59 Å². The highest BCUT2D eigenvalue weighted by molar-refractivity contribution is 9.10. The molecule has 1 heterocycles. The normalized spacial score (nSPS) is 15.8. The van der Waals surface area contributed by atoms with Gasteiger partial charge in [0.25, 0.3) is 5.79 Å². The van der Waals surface area contributed by atoms with Crippen molar-refractivity contribution >= 4 is 33.9 Å². The van der Waals surface area contributed by atoms with Crippen LogP contribution in [-0.4, -0.2) is 24.3 Å². The van der Waals surface area contributed by atoms with Crippen LogP contribution in [0, 0.1) is 11.3 Å². The summed E-state index contributed by atoms with van der Waals surface area (Å²) in [6, 6.07) is 7.35. The van der Waals surface area contributed by atoms with Crippen LogP contribution >= 0.6 is 15.9 Å². The largest absolute Gasteiger partial charge is 0.493 e. The highest BCUT2D eigenvalue weighted by Gasteiger charge is 2.39. The quantitative estimate of drug-likeness (QED) is 0.309. The van der Waals surface area contributed by atoms with Gasteiger partial charge in [-0.2, -0.15) is 5.26 Å². The molecule has 1 aliphatic heterocycles. The van der Waals surface area contributed by atoms with Gasteiger partial charge in [-0.3, -0.25) is 0 Å². The van der Waals surface area contributed by atoms with Gasteiger partial charge in [0.2, 0.25) is 0 Å². The SMILES string of the molecule is CC1(C)OC(=O)C(=Cc2cc(Br)ccc2OCCCCC#N)C(=O)O1. The number of cyclic esters (lactones) is 2. The highest BCUT2D eigenvalue weighted by atomic mass is 79.9. The lowest BCUT2D eigenvalue weighted by Crippen LogP contribution is -2.41. The van der Waals surface area contributed by atoms with E-state index >= 15 is 0 Å². The molecule has 1 saturated heterocycles. The molecule has 1 aliphatic rings. The van der Waals surface area contributed by atoms with E-state index in [2.05, 4.69) is 22.0 Å². The fourth-order valence-corrected chi connectivity index (χ4v) is 2.56. The first kappa shape index (κ1) is 19.0. The molecule has 25 heavy (non-hydrogen) atoms. The molecule has 0 unspecified atom stereocenters. The molecular formula is C18H18BrNO5. The minimum atomic E-state index is -1.27. The summed E-state index contributed by atoms with van der Waals surface area (Å²) in [6.45, 7) is 3.42. The van der Waals surface area contributed by atoms with E-state index in [1.807, 2.05) is 0 Å². The van der Waals surface area contributed by atoms with Crippen molar-refractivity contribution in [2.45, 2.75) is 38.9 Å². The van der Waals surface area contributed by atoms with E-state index in [9.17, 15) is 9.59 Å². The summed E-state index contributed by atoms with van der Waals surface area (Å²) in [5.74, 6) is -2.22. The number of ether oxygens (including phenoxy) is 3. The minimum Gasteiger partial charge on any atom is -0.493 e. The summed E-state index contributed by atoms with van der Waals surface area (Å²) < 4.78 is 16.7. The molecule has 7 heteroatoms. The number of nitrogens with zero attached hydrogens (tertiary/aromatic N) is 1. The topological polar surface area (TPSA) is 85.6 Å². The van der Waals surface area contributed by atoms with Crippen molar-refractivity contribution in [1.29, 1.82) is 5.26 Å². The van der Waals surface area contributed by atoms with Gasteiger partial charge < -0.3 is 14.2 Å². The van der Waals surface area contributed by atoms with Gasteiger partial charge in [-0.05, 0) is 37.1 Å². The van der Waals surface area contributed by atoms with Gasteiger partial charge in [0.05, 0.1) is 12.7 Å². The monoisotopic (exact) mass is 407 g/mol. The first-order chi connectivity index (χ1) is 11.8. The summed E-state index contributed by atoms with van der Waals surface area (Å²) in [5.41, 5.74) is 0.366. The van der Waals surface area contributed by atoms with Crippen LogP contribution in [0.5, 0.6) is 5.75 Å². The Kier molecular flexibility index (Phi) is 6.21. The maximum absolute atomic E-state index is 12.1. The highest BCUT2D eigenvalue weighted by Crippen LogP contribution is 2.29. The van der Waals surface area contributed by atoms with Crippen LogP contribution in [-0.2, 0) is 19.1 Å². The Hall–Kier alpha value is -2.33. The maximum atomic E-state index is 12.1. The molecule has 0 bridgehead atoms. The van der Waals surface area contributed by atoms with E-state index in [0.29, 0.717) is 24.3 Å². The second-order valence-electron chi connectivity index (χ2n) is 5.88. The zero-order valence-electron chi connectivity index (χ0n) is 14.0. The van der Waals surface area contributed by atoms with Crippen molar-refractivity contribution < 1.29 is 23.8 Å². The number of benzene rings is 1. The Morgan fingerprint density at radius 2 is 1.92 bits per heavy atom. The third-order valence-electron chi connectivity index (χ3n) is 3.33. The molecule has 6 nitrogen and oxygen atoms in total. The lowest BCUT2D eigenvalue weighted by Gasteiger charge is -2.29. The van der Waals surface area contributed by atoms with Crippen LogP contribution in [0.4, 0.5) is 0 Å². The van der Waals surface area contributed by atoms with Crippen molar-refractivity contribution in [3.8, 4) is 11.8 Å². The fraction of sp³-hybridized carbons (Fsp3) is 0.389. The molecule has 0 N–H and O–H groups in total. The molecule has 0 spiro atoms. The van der Waals surface area contributed by atoms with Crippen LogP contribution in [0.3, 0.4) is 0 Å². The zero-order chi connectivity index (χ0) is 18.4. The molecule has 1 aromatic rings. The number of carbonyl (C=O) groups is 2. The lowest BCUT2D eigenvalue weighted by molar-refractivity contribution is -0.222. The van der Waals surface area contributed by atoms with E-state index in [0.717, 1.165) is 17.3 Å². The molecule has 0 radical (unpaired) electrons. The number of esters is 2. The number of carbonyl (C=O) groups excluding carboxylic acids is 2.